The first-order chi connectivity index (χ1) is 9.69. The Balaban J connectivity index is 2.28. The van der Waals surface area contributed by atoms with Gasteiger partial charge in [0, 0.05) is 31.0 Å². The van der Waals surface area contributed by atoms with Crippen molar-refractivity contribution in [3.63, 3.8) is 0 Å². The maximum atomic E-state index is 14.4. The Morgan fingerprint density at radius 1 is 1.55 bits per heavy atom. The number of carbonyl (C=O) groups excluding carboxylic acids is 1. The first-order valence-corrected chi connectivity index (χ1v) is 7.13. The Labute approximate surface area is 118 Å². The zero-order chi connectivity index (χ0) is 14.5. The van der Waals surface area contributed by atoms with E-state index in [0.29, 0.717) is 31.2 Å². The van der Waals surface area contributed by atoms with Gasteiger partial charge in [-0.15, -0.1) is 0 Å². The second-order valence-electron chi connectivity index (χ2n) is 4.81. The molecule has 1 aromatic rings. The second-order valence-corrected chi connectivity index (χ2v) is 4.81. The van der Waals surface area contributed by atoms with Crippen LogP contribution in [0, 0.1) is 0 Å². The van der Waals surface area contributed by atoms with Crippen LogP contribution in [0.15, 0.2) is 6.20 Å². The molecule has 1 aromatic heterocycles. The summed E-state index contributed by atoms with van der Waals surface area (Å²) in [6, 6.07) is 0. The number of carbonyl (C=O) groups is 1. The van der Waals surface area contributed by atoms with Gasteiger partial charge in [0.2, 0.25) is 0 Å². The van der Waals surface area contributed by atoms with Gasteiger partial charge in [0.05, 0.1) is 6.61 Å². The summed E-state index contributed by atoms with van der Waals surface area (Å²) in [6.07, 6.45) is 2.06. The highest BCUT2D eigenvalue weighted by Gasteiger charge is 2.30. The largest absolute Gasteiger partial charge is 0.462 e. The molecule has 0 spiro atoms. The topological polar surface area (TPSA) is 53.4 Å². The van der Waals surface area contributed by atoms with Gasteiger partial charge in [-0.3, -0.25) is 4.57 Å². The molecular weight excluding hydrogens is 263 g/mol. The lowest BCUT2D eigenvalue weighted by Gasteiger charge is -2.24. The molecular formula is C14H21FN2O3. The van der Waals surface area contributed by atoms with Crippen molar-refractivity contribution in [3.8, 4) is 0 Å². The number of aryl methyl sites for hydroxylation is 1. The minimum absolute atomic E-state index is 0.136. The van der Waals surface area contributed by atoms with Gasteiger partial charge in [0.15, 0.2) is 0 Å². The van der Waals surface area contributed by atoms with Crippen molar-refractivity contribution in [2.24, 2.45) is 0 Å². The Hall–Kier alpha value is -1.43. The van der Waals surface area contributed by atoms with Crippen molar-refractivity contribution in [2.45, 2.75) is 45.3 Å². The minimum Gasteiger partial charge on any atom is -0.462 e. The summed E-state index contributed by atoms with van der Waals surface area (Å²) in [6.45, 7) is 5.05. The lowest BCUT2D eigenvalue weighted by atomic mass is 9.99. The monoisotopic (exact) mass is 284 g/mol. The number of nitrogens with zero attached hydrogens (tertiary/aromatic N) is 2. The molecule has 0 N–H and O–H groups in total. The smallest absolute Gasteiger partial charge is 0.362 e. The molecule has 2 heterocycles. The fourth-order valence-corrected chi connectivity index (χ4v) is 2.51. The number of aromatic nitrogens is 2. The van der Waals surface area contributed by atoms with Crippen LogP contribution in [0.3, 0.4) is 0 Å². The molecule has 1 atom stereocenters. The van der Waals surface area contributed by atoms with Crippen molar-refractivity contribution < 1.29 is 18.7 Å². The molecule has 1 aliphatic rings. The molecule has 112 valence electrons. The molecule has 6 heteroatoms. The zero-order valence-electron chi connectivity index (χ0n) is 12.0. The van der Waals surface area contributed by atoms with E-state index in [0.717, 1.165) is 12.8 Å². The van der Waals surface area contributed by atoms with Gasteiger partial charge in [-0.25, -0.2) is 14.2 Å². The highest BCUT2D eigenvalue weighted by Crippen LogP contribution is 2.30. The van der Waals surface area contributed by atoms with Crippen molar-refractivity contribution in [1.29, 1.82) is 0 Å². The predicted octanol–water partition coefficient (Wildman–Crippen LogP) is 2.37. The van der Waals surface area contributed by atoms with Gasteiger partial charge in [0.25, 0.3) is 6.30 Å². The number of halogens is 1. The normalized spacial score (nSPS) is 17.9. The fraction of sp³-hybridized carbons (Fsp3) is 0.714. The zero-order valence-corrected chi connectivity index (χ0v) is 12.0. The highest BCUT2D eigenvalue weighted by molar-refractivity contribution is 5.72. The molecule has 0 radical (unpaired) electrons. The van der Waals surface area contributed by atoms with E-state index < -0.39 is 12.3 Å². The third-order valence-corrected chi connectivity index (χ3v) is 3.56. The Morgan fingerprint density at radius 2 is 2.25 bits per heavy atom. The van der Waals surface area contributed by atoms with Crippen LogP contribution in [0.1, 0.15) is 50.4 Å². The Kier molecular flexibility index (Phi) is 5.11. The number of hydrogen-bond acceptors (Lipinski definition) is 4. The summed E-state index contributed by atoms with van der Waals surface area (Å²) in [7, 11) is 0. The van der Waals surface area contributed by atoms with Gasteiger partial charge in [-0.05, 0) is 26.2 Å². The standard InChI is InChI=1S/C14H21FN2O3/c1-3-11-9-16-13(10-5-7-19-8-6-10)17(11)12(15)14(18)20-4-2/h9-10,12H,3-8H2,1-2H3. The number of rotatable bonds is 5. The van der Waals surface area contributed by atoms with Crippen LogP contribution in [-0.4, -0.2) is 35.3 Å². The first-order valence-electron chi connectivity index (χ1n) is 7.13. The van der Waals surface area contributed by atoms with E-state index in [9.17, 15) is 9.18 Å². The molecule has 5 nitrogen and oxygen atoms in total. The van der Waals surface area contributed by atoms with E-state index in [1.807, 2.05) is 6.92 Å². The van der Waals surface area contributed by atoms with Gasteiger partial charge >= 0.3 is 5.97 Å². The SMILES string of the molecule is CCOC(=O)C(F)n1c(CC)cnc1C1CCOCC1. The number of imidazole rings is 1. The van der Waals surface area contributed by atoms with E-state index in [1.54, 1.807) is 13.1 Å². The molecule has 1 saturated heterocycles. The molecule has 1 unspecified atom stereocenters. The fourth-order valence-electron chi connectivity index (χ4n) is 2.51. The van der Waals surface area contributed by atoms with Gasteiger partial charge in [-0.2, -0.15) is 0 Å². The average molecular weight is 284 g/mol. The number of ether oxygens (including phenoxy) is 2. The molecule has 1 aliphatic heterocycles. The van der Waals surface area contributed by atoms with Gasteiger partial charge in [0.1, 0.15) is 5.82 Å². The van der Waals surface area contributed by atoms with Crippen LogP contribution >= 0.6 is 0 Å². The number of hydrogen-bond donors (Lipinski definition) is 0. The van der Waals surface area contributed by atoms with E-state index in [2.05, 4.69) is 4.98 Å². The van der Waals surface area contributed by atoms with Crippen LogP contribution in [0.4, 0.5) is 4.39 Å². The van der Waals surface area contributed by atoms with Crippen LogP contribution in [0.5, 0.6) is 0 Å². The van der Waals surface area contributed by atoms with Crippen LogP contribution in [-0.2, 0) is 20.7 Å². The van der Waals surface area contributed by atoms with E-state index in [4.69, 9.17) is 9.47 Å². The summed E-state index contributed by atoms with van der Waals surface area (Å²) in [5.74, 6) is -0.0871. The lowest BCUT2D eigenvalue weighted by Crippen LogP contribution is -2.25. The Morgan fingerprint density at radius 3 is 2.85 bits per heavy atom. The summed E-state index contributed by atoms with van der Waals surface area (Å²) in [4.78, 5) is 16.0. The number of alkyl halides is 1. The quantitative estimate of drug-likeness (QED) is 0.779. The molecule has 2 rings (SSSR count). The molecule has 20 heavy (non-hydrogen) atoms. The molecule has 0 amide bonds. The number of esters is 1. The van der Waals surface area contributed by atoms with Crippen molar-refractivity contribution >= 4 is 5.97 Å². The predicted molar refractivity (Wildman–Crippen MR) is 71.2 cm³/mol. The second kappa shape index (κ2) is 6.83. The lowest BCUT2D eigenvalue weighted by molar-refractivity contribution is -0.153. The molecule has 0 saturated carbocycles. The van der Waals surface area contributed by atoms with Crippen molar-refractivity contribution in [3.05, 3.63) is 17.7 Å². The summed E-state index contributed by atoms with van der Waals surface area (Å²) >= 11 is 0. The maximum absolute atomic E-state index is 14.4. The molecule has 0 bridgehead atoms. The van der Waals surface area contributed by atoms with Gasteiger partial charge < -0.3 is 9.47 Å². The third kappa shape index (κ3) is 3.00. The summed E-state index contributed by atoms with van der Waals surface area (Å²) in [5, 5.41) is 0. The molecule has 1 fully saturated rings. The van der Waals surface area contributed by atoms with E-state index in [-0.39, 0.29) is 12.5 Å². The van der Waals surface area contributed by atoms with Crippen LogP contribution < -0.4 is 0 Å². The summed E-state index contributed by atoms with van der Waals surface area (Å²) < 4.78 is 25.9. The minimum atomic E-state index is -1.81. The molecule has 0 aromatic carbocycles. The highest BCUT2D eigenvalue weighted by atomic mass is 19.1. The first kappa shape index (κ1) is 15.0. The van der Waals surface area contributed by atoms with Crippen molar-refractivity contribution in [2.75, 3.05) is 19.8 Å². The average Bonchev–Trinajstić information content (AvgIpc) is 2.91. The Bertz CT molecular complexity index is 455. The van der Waals surface area contributed by atoms with Crippen molar-refractivity contribution in [1.82, 2.24) is 9.55 Å². The van der Waals surface area contributed by atoms with Gasteiger partial charge in [-0.1, -0.05) is 6.92 Å². The maximum Gasteiger partial charge on any atom is 0.362 e. The van der Waals surface area contributed by atoms with Crippen LogP contribution in [0.2, 0.25) is 0 Å². The van der Waals surface area contributed by atoms with E-state index >= 15 is 0 Å². The van der Waals surface area contributed by atoms with Crippen LogP contribution in [0.25, 0.3) is 0 Å². The van der Waals surface area contributed by atoms with E-state index in [1.165, 1.54) is 4.57 Å². The third-order valence-electron chi connectivity index (χ3n) is 3.56. The molecule has 0 aliphatic carbocycles. The summed E-state index contributed by atoms with van der Waals surface area (Å²) in [5.41, 5.74) is 0.715.